The molecule has 2 heterocycles. The predicted molar refractivity (Wildman–Crippen MR) is 115 cm³/mol. The molecule has 0 aliphatic carbocycles. The summed E-state index contributed by atoms with van der Waals surface area (Å²) in [5, 5.41) is 5.89. The molecule has 1 fully saturated rings. The number of allylic oxidation sites excluding steroid dienone is 2. The van der Waals surface area contributed by atoms with E-state index in [2.05, 4.69) is 114 Å². The SMILES string of the molecule is C1=C[C@H]2CP(c3ccccc3)(c3ccccc3)(c3ccccc3)ON2C=C1. The van der Waals surface area contributed by atoms with Crippen molar-refractivity contribution in [1.29, 1.82) is 0 Å². The van der Waals surface area contributed by atoms with Crippen molar-refractivity contribution in [1.82, 2.24) is 5.06 Å². The van der Waals surface area contributed by atoms with Crippen LogP contribution in [0.2, 0.25) is 0 Å². The van der Waals surface area contributed by atoms with E-state index in [1.165, 1.54) is 15.9 Å². The van der Waals surface area contributed by atoms with Crippen LogP contribution in [-0.2, 0) is 4.62 Å². The molecule has 0 saturated carbocycles. The molecule has 0 amide bonds. The van der Waals surface area contributed by atoms with Gasteiger partial charge < -0.3 is 0 Å². The second kappa shape index (κ2) is 6.20. The molecular weight excluding hydrogens is 349 g/mol. The zero-order valence-corrected chi connectivity index (χ0v) is 16.0. The van der Waals surface area contributed by atoms with Gasteiger partial charge in [-0.3, -0.25) is 0 Å². The van der Waals surface area contributed by atoms with Crippen LogP contribution in [0.25, 0.3) is 0 Å². The van der Waals surface area contributed by atoms with Crippen LogP contribution in [0.5, 0.6) is 0 Å². The van der Waals surface area contributed by atoms with Gasteiger partial charge in [0.15, 0.2) is 0 Å². The molecule has 0 spiro atoms. The molecule has 0 N–H and O–H groups in total. The van der Waals surface area contributed by atoms with Gasteiger partial charge in [0.1, 0.15) is 0 Å². The van der Waals surface area contributed by atoms with E-state index in [4.69, 9.17) is 4.62 Å². The number of hydroxylamine groups is 2. The van der Waals surface area contributed by atoms with Crippen LogP contribution in [0.3, 0.4) is 0 Å². The molecule has 134 valence electrons. The van der Waals surface area contributed by atoms with E-state index in [0.29, 0.717) is 0 Å². The van der Waals surface area contributed by atoms with Gasteiger partial charge in [-0.25, -0.2) is 0 Å². The molecular formula is C24H22NOP. The van der Waals surface area contributed by atoms with Crippen molar-refractivity contribution in [2.45, 2.75) is 6.04 Å². The Balaban J connectivity index is 1.90. The van der Waals surface area contributed by atoms with E-state index in [9.17, 15) is 0 Å². The number of benzene rings is 3. The quantitative estimate of drug-likeness (QED) is 0.642. The van der Waals surface area contributed by atoms with Crippen LogP contribution < -0.4 is 15.9 Å². The Bertz CT molecular complexity index is 875. The van der Waals surface area contributed by atoms with Crippen LogP contribution in [0.4, 0.5) is 0 Å². The van der Waals surface area contributed by atoms with E-state index in [1.807, 2.05) is 6.08 Å². The van der Waals surface area contributed by atoms with Crippen molar-refractivity contribution in [3.05, 3.63) is 115 Å². The summed E-state index contributed by atoms with van der Waals surface area (Å²) in [5.41, 5.74) is 0. The van der Waals surface area contributed by atoms with Gasteiger partial charge in [-0.1, -0.05) is 0 Å². The number of hydrogen-bond donors (Lipinski definition) is 0. The number of rotatable bonds is 3. The number of nitrogens with zero attached hydrogens (tertiary/aromatic N) is 1. The third-order valence-corrected chi connectivity index (χ3v) is 11.5. The molecule has 0 unspecified atom stereocenters. The first-order chi connectivity index (χ1) is 13.3. The van der Waals surface area contributed by atoms with Crippen LogP contribution in [-0.4, -0.2) is 17.3 Å². The first-order valence-electron chi connectivity index (χ1n) is 9.34. The van der Waals surface area contributed by atoms with Gasteiger partial charge in [-0.15, -0.1) is 0 Å². The molecule has 5 rings (SSSR count). The van der Waals surface area contributed by atoms with Crippen LogP contribution in [0.1, 0.15) is 0 Å². The zero-order chi connectivity index (χ0) is 18.2. The predicted octanol–water partition coefficient (Wildman–Crippen LogP) is 4.13. The van der Waals surface area contributed by atoms with Gasteiger partial charge in [0.05, 0.1) is 0 Å². The molecule has 2 aliphatic rings. The third-order valence-electron chi connectivity index (χ3n) is 5.72. The summed E-state index contributed by atoms with van der Waals surface area (Å²) in [7, 11) is 0. The van der Waals surface area contributed by atoms with Crippen LogP contribution in [0, 0.1) is 0 Å². The summed E-state index contributed by atoms with van der Waals surface area (Å²) >= 11 is 0. The van der Waals surface area contributed by atoms with Gasteiger partial charge in [-0.05, 0) is 0 Å². The maximum absolute atomic E-state index is 7.12. The Labute approximate surface area is 160 Å². The molecule has 2 nitrogen and oxygen atoms in total. The van der Waals surface area contributed by atoms with Crippen molar-refractivity contribution < 1.29 is 4.62 Å². The average Bonchev–Trinajstić information content (AvgIpc) is 3.14. The fourth-order valence-electron chi connectivity index (χ4n) is 4.48. The summed E-state index contributed by atoms with van der Waals surface area (Å²) in [6, 6.07) is 32.7. The second-order valence-corrected chi connectivity index (χ2v) is 11.6. The number of hydrogen-bond acceptors (Lipinski definition) is 2. The van der Waals surface area contributed by atoms with E-state index in [-0.39, 0.29) is 6.04 Å². The molecule has 1 atom stereocenters. The normalized spacial score (nSPS) is 23.3. The summed E-state index contributed by atoms with van der Waals surface area (Å²) in [6.45, 7) is -3.13. The van der Waals surface area contributed by atoms with Crippen molar-refractivity contribution in [2.24, 2.45) is 0 Å². The summed E-state index contributed by atoms with van der Waals surface area (Å²) < 4.78 is 7.12. The van der Waals surface area contributed by atoms with E-state index in [1.54, 1.807) is 0 Å². The topological polar surface area (TPSA) is 12.5 Å². The first kappa shape index (κ1) is 16.5. The van der Waals surface area contributed by atoms with Gasteiger partial charge in [-0.2, -0.15) is 0 Å². The zero-order valence-electron chi connectivity index (χ0n) is 15.1. The Hall–Kier alpha value is -2.67. The monoisotopic (exact) mass is 371 g/mol. The standard InChI is InChI=1S/C24H22NOP/c1-4-13-22(14-5-1)27(23-15-6-2-7-16-23,24-17-8-3-9-18-24)20-21-12-10-11-19-25(21)26-27/h1-19,21H,20H2/t21-/m0/s1. The minimum absolute atomic E-state index is 0.230. The molecule has 0 bridgehead atoms. The van der Waals surface area contributed by atoms with Gasteiger partial charge >= 0.3 is 160 Å². The summed E-state index contributed by atoms with van der Waals surface area (Å²) in [5.74, 6) is 0. The van der Waals surface area contributed by atoms with E-state index in [0.717, 1.165) is 6.16 Å². The molecule has 1 saturated heterocycles. The molecule has 2 aliphatic heterocycles. The Kier molecular flexibility index (Phi) is 3.79. The Morgan fingerprint density at radius 3 is 1.59 bits per heavy atom. The Morgan fingerprint density at radius 2 is 1.15 bits per heavy atom. The van der Waals surface area contributed by atoms with Crippen molar-refractivity contribution in [3.63, 3.8) is 0 Å². The third kappa shape index (κ3) is 2.27. The summed E-state index contributed by atoms with van der Waals surface area (Å²) in [4.78, 5) is 0. The van der Waals surface area contributed by atoms with E-state index < -0.39 is 6.83 Å². The van der Waals surface area contributed by atoms with Crippen molar-refractivity contribution >= 4 is 22.7 Å². The fraction of sp³-hybridized carbons (Fsp3) is 0.0833. The van der Waals surface area contributed by atoms with Gasteiger partial charge in [0, 0.05) is 0 Å². The fourth-order valence-corrected chi connectivity index (χ4v) is 10.4. The molecule has 27 heavy (non-hydrogen) atoms. The summed E-state index contributed by atoms with van der Waals surface area (Å²) in [6.07, 6.45) is 9.43. The van der Waals surface area contributed by atoms with Gasteiger partial charge in [0.25, 0.3) is 0 Å². The van der Waals surface area contributed by atoms with E-state index >= 15 is 0 Å². The average molecular weight is 371 g/mol. The van der Waals surface area contributed by atoms with Crippen LogP contribution >= 0.6 is 6.83 Å². The second-order valence-electron chi connectivity index (χ2n) is 7.14. The van der Waals surface area contributed by atoms with Crippen LogP contribution in [0.15, 0.2) is 115 Å². The van der Waals surface area contributed by atoms with Crippen molar-refractivity contribution in [2.75, 3.05) is 6.16 Å². The number of fused-ring (bicyclic) bond motifs is 1. The Morgan fingerprint density at radius 1 is 0.667 bits per heavy atom. The minimum atomic E-state index is -3.13. The molecule has 0 radical (unpaired) electrons. The van der Waals surface area contributed by atoms with Crippen molar-refractivity contribution in [3.8, 4) is 0 Å². The molecule has 3 heteroatoms. The molecule has 3 aromatic carbocycles. The molecule has 0 aromatic heterocycles. The molecule has 3 aromatic rings. The van der Waals surface area contributed by atoms with Gasteiger partial charge in [0.2, 0.25) is 0 Å². The maximum atomic E-state index is 7.12. The first-order valence-corrected chi connectivity index (χ1v) is 11.7.